The fourth-order valence-electron chi connectivity index (χ4n) is 3.09. The second kappa shape index (κ2) is 4.56. The van der Waals surface area contributed by atoms with Gasteiger partial charge in [0.1, 0.15) is 11.9 Å². The van der Waals surface area contributed by atoms with E-state index >= 15 is 0 Å². The fraction of sp³-hybridized carbons (Fsp3) is 0.111. The Bertz CT molecular complexity index is 958. The van der Waals surface area contributed by atoms with Crippen molar-refractivity contribution < 1.29 is 4.79 Å². The summed E-state index contributed by atoms with van der Waals surface area (Å²) < 4.78 is 1.56. The summed E-state index contributed by atoms with van der Waals surface area (Å²) in [5, 5.41) is 4.36. The molecule has 2 heterocycles. The van der Waals surface area contributed by atoms with Crippen molar-refractivity contribution in [3.8, 4) is 11.1 Å². The third-order valence-electron chi connectivity index (χ3n) is 4.19. The van der Waals surface area contributed by atoms with Crippen molar-refractivity contribution in [2.45, 2.75) is 13.0 Å². The largest absolute Gasteiger partial charge is 0.310 e. The Morgan fingerprint density at radius 1 is 0.909 bits per heavy atom. The molecule has 0 saturated heterocycles. The highest BCUT2D eigenvalue weighted by atomic mass is 16.2. The van der Waals surface area contributed by atoms with Gasteiger partial charge in [0.15, 0.2) is 0 Å². The van der Waals surface area contributed by atoms with Crippen LogP contribution in [0.1, 0.15) is 13.0 Å². The lowest BCUT2D eigenvalue weighted by Crippen LogP contribution is -2.22. The average Bonchev–Trinajstić information content (AvgIpc) is 2.84. The molecule has 1 aromatic heterocycles. The van der Waals surface area contributed by atoms with Gasteiger partial charge >= 0.3 is 0 Å². The minimum atomic E-state index is -0.491. The van der Waals surface area contributed by atoms with Gasteiger partial charge in [-0.25, -0.2) is 0 Å². The Morgan fingerprint density at radius 3 is 2.27 bits per heavy atom. The molecule has 0 saturated carbocycles. The lowest BCUT2D eigenvalue weighted by atomic mass is 9.99. The number of hydrogen-bond acceptors (Lipinski definition) is 2. The molecule has 1 aliphatic heterocycles. The van der Waals surface area contributed by atoms with Gasteiger partial charge in [0.2, 0.25) is 5.91 Å². The summed E-state index contributed by atoms with van der Waals surface area (Å²) in [6.45, 7) is 1.75. The molecule has 1 unspecified atom stereocenters. The van der Waals surface area contributed by atoms with Crippen molar-refractivity contribution >= 4 is 22.5 Å². The van der Waals surface area contributed by atoms with Gasteiger partial charge in [-0.15, -0.1) is 0 Å². The lowest BCUT2D eigenvalue weighted by Gasteiger charge is -2.14. The third-order valence-corrected chi connectivity index (χ3v) is 4.19. The van der Waals surface area contributed by atoms with E-state index in [4.69, 9.17) is 0 Å². The van der Waals surface area contributed by atoms with E-state index in [2.05, 4.69) is 5.32 Å². The van der Waals surface area contributed by atoms with Crippen LogP contribution in [-0.2, 0) is 4.79 Å². The number of hydrogen-bond donors (Lipinski definition) is 1. The van der Waals surface area contributed by atoms with E-state index in [9.17, 15) is 9.59 Å². The van der Waals surface area contributed by atoms with Crippen molar-refractivity contribution in [3.05, 3.63) is 65.0 Å². The molecule has 4 rings (SSSR count). The molecule has 3 aromatic rings. The molecule has 4 heteroatoms. The van der Waals surface area contributed by atoms with E-state index in [0.717, 1.165) is 16.5 Å². The number of nitrogens with zero attached hydrogens (tertiary/aromatic N) is 1. The smallest absolute Gasteiger partial charge is 0.260 e. The molecule has 1 N–H and O–H groups in total. The van der Waals surface area contributed by atoms with Crippen molar-refractivity contribution in [1.29, 1.82) is 0 Å². The van der Waals surface area contributed by atoms with E-state index in [-0.39, 0.29) is 11.5 Å². The molecule has 0 radical (unpaired) electrons. The Labute approximate surface area is 127 Å². The van der Waals surface area contributed by atoms with Crippen LogP contribution in [0.2, 0.25) is 0 Å². The molecule has 0 spiro atoms. The molecule has 1 aliphatic rings. The summed E-state index contributed by atoms with van der Waals surface area (Å²) in [4.78, 5) is 24.8. The number of fused-ring (bicyclic) bond motifs is 2. The maximum absolute atomic E-state index is 12.7. The second-order valence-corrected chi connectivity index (χ2v) is 5.48. The van der Waals surface area contributed by atoms with Gasteiger partial charge in [0.25, 0.3) is 5.56 Å². The van der Waals surface area contributed by atoms with Crippen molar-refractivity contribution in [1.82, 2.24) is 4.57 Å². The van der Waals surface area contributed by atoms with Crippen LogP contribution in [0.25, 0.3) is 21.9 Å². The SMILES string of the molecule is CC1C(=O)Nc2c(-c3ccccc3)c3ccccc3c(=O)n21. The first-order valence-corrected chi connectivity index (χ1v) is 7.22. The number of pyridine rings is 1. The fourth-order valence-corrected chi connectivity index (χ4v) is 3.09. The topological polar surface area (TPSA) is 51.1 Å². The Balaban J connectivity index is 2.21. The van der Waals surface area contributed by atoms with Crippen LogP contribution in [0.15, 0.2) is 59.4 Å². The summed E-state index contributed by atoms with van der Waals surface area (Å²) in [5.74, 6) is 0.442. The highest BCUT2D eigenvalue weighted by molar-refractivity contribution is 6.08. The quantitative estimate of drug-likeness (QED) is 0.748. The predicted molar refractivity (Wildman–Crippen MR) is 87.0 cm³/mol. The van der Waals surface area contributed by atoms with Gasteiger partial charge in [-0.2, -0.15) is 0 Å². The number of aromatic nitrogens is 1. The molecule has 0 aliphatic carbocycles. The zero-order chi connectivity index (χ0) is 15.3. The maximum atomic E-state index is 12.7. The van der Waals surface area contributed by atoms with E-state index in [1.54, 1.807) is 11.5 Å². The third kappa shape index (κ3) is 1.64. The Hall–Kier alpha value is -2.88. The summed E-state index contributed by atoms with van der Waals surface area (Å²) in [7, 11) is 0. The van der Waals surface area contributed by atoms with Crippen LogP contribution in [0.5, 0.6) is 0 Å². The highest BCUT2D eigenvalue weighted by Crippen LogP contribution is 2.37. The second-order valence-electron chi connectivity index (χ2n) is 5.48. The molecule has 0 bridgehead atoms. The average molecular weight is 290 g/mol. The number of carbonyl (C=O) groups is 1. The van der Waals surface area contributed by atoms with Crippen molar-refractivity contribution in [2.75, 3.05) is 5.32 Å². The first-order valence-electron chi connectivity index (χ1n) is 7.22. The van der Waals surface area contributed by atoms with E-state index in [1.165, 1.54) is 0 Å². The van der Waals surface area contributed by atoms with Gasteiger partial charge in [0.05, 0.1) is 0 Å². The van der Waals surface area contributed by atoms with Gasteiger partial charge in [-0.1, -0.05) is 48.5 Å². The summed E-state index contributed by atoms with van der Waals surface area (Å²) in [6.07, 6.45) is 0. The number of anilines is 1. The summed E-state index contributed by atoms with van der Waals surface area (Å²) in [6, 6.07) is 16.8. The zero-order valence-electron chi connectivity index (χ0n) is 12.0. The van der Waals surface area contributed by atoms with Crippen LogP contribution >= 0.6 is 0 Å². The molecule has 4 nitrogen and oxygen atoms in total. The van der Waals surface area contributed by atoms with E-state index in [0.29, 0.717) is 11.2 Å². The molecular formula is C18H14N2O2. The Kier molecular flexibility index (Phi) is 2.66. The first-order chi connectivity index (χ1) is 10.7. The minimum absolute atomic E-state index is 0.129. The van der Waals surface area contributed by atoms with Crippen LogP contribution in [0.3, 0.4) is 0 Å². The molecule has 108 valence electrons. The van der Waals surface area contributed by atoms with Crippen molar-refractivity contribution in [3.63, 3.8) is 0 Å². The van der Waals surface area contributed by atoms with Crippen molar-refractivity contribution in [2.24, 2.45) is 0 Å². The zero-order valence-corrected chi connectivity index (χ0v) is 12.0. The van der Waals surface area contributed by atoms with E-state index < -0.39 is 6.04 Å². The van der Waals surface area contributed by atoms with Crippen LogP contribution < -0.4 is 10.9 Å². The summed E-state index contributed by atoms with van der Waals surface area (Å²) >= 11 is 0. The molecular weight excluding hydrogens is 276 g/mol. The maximum Gasteiger partial charge on any atom is 0.260 e. The molecule has 1 amide bonds. The van der Waals surface area contributed by atoms with Gasteiger partial charge < -0.3 is 5.32 Å². The van der Waals surface area contributed by atoms with Crippen LogP contribution in [0, 0.1) is 0 Å². The predicted octanol–water partition coefficient (Wildman–Crippen LogP) is 3.18. The van der Waals surface area contributed by atoms with Gasteiger partial charge in [-0.05, 0) is 23.9 Å². The van der Waals surface area contributed by atoms with E-state index in [1.807, 2.05) is 54.6 Å². The highest BCUT2D eigenvalue weighted by Gasteiger charge is 2.31. The number of benzene rings is 2. The number of amides is 1. The number of carbonyl (C=O) groups excluding carboxylic acids is 1. The monoisotopic (exact) mass is 290 g/mol. The standard InChI is InChI=1S/C18H14N2O2/c1-11-17(21)19-16-15(12-7-3-2-4-8-12)13-9-5-6-10-14(13)18(22)20(11)16/h2-11H,1H3,(H,19,21). The minimum Gasteiger partial charge on any atom is -0.310 e. The number of nitrogens with one attached hydrogen (secondary N) is 1. The summed E-state index contributed by atoms with van der Waals surface area (Å²) in [5.41, 5.74) is 1.75. The van der Waals surface area contributed by atoms with Crippen LogP contribution in [-0.4, -0.2) is 10.5 Å². The molecule has 22 heavy (non-hydrogen) atoms. The number of rotatable bonds is 1. The van der Waals surface area contributed by atoms with Crippen LogP contribution in [0.4, 0.5) is 5.82 Å². The van der Waals surface area contributed by atoms with Gasteiger partial charge in [-0.3, -0.25) is 14.2 Å². The first kappa shape index (κ1) is 12.8. The molecule has 1 atom stereocenters. The molecule has 0 fully saturated rings. The van der Waals surface area contributed by atoms with Gasteiger partial charge in [0, 0.05) is 10.9 Å². The normalized spacial score (nSPS) is 16.6. The Morgan fingerprint density at radius 2 is 1.55 bits per heavy atom. The molecule has 2 aromatic carbocycles. The lowest BCUT2D eigenvalue weighted by molar-refractivity contribution is -0.117.